The van der Waals surface area contributed by atoms with Crippen molar-refractivity contribution in [3.8, 4) is 5.75 Å². The highest BCUT2D eigenvalue weighted by Gasteiger charge is 2.29. The molecule has 0 N–H and O–H groups in total. The molecule has 2 fully saturated rings. The largest absolute Gasteiger partial charge is 0.489 e. The molecule has 1 aliphatic heterocycles. The zero-order valence-electron chi connectivity index (χ0n) is 17.1. The third-order valence-electron chi connectivity index (χ3n) is 5.97. The average Bonchev–Trinajstić information content (AvgIpc) is 3.46. The minimum Gasteiger partial charge on any atom is -0.489 e. The predicted octanol–water partition coefficient (Wildman–Crippen LogP) is 5.42. The van der Waals surface area contributed by atoms with Gasteiger partial charge in [-0.05, 0) is 65.8 Å². The van der Waals surface area contributed by atoms with E-state index in [4.69, 9.17) is 9.47 Å². The fourth-order valence-electron chi connectivity index (χ4n) is 4.37. The summed E-state index contributed by atoms with van der Waals surface area (Å²) in [6.45, 7) is 2.73. The monoisotopic (exact) mass is 413 g/mol. The van der Waals surface area contributed by atoms with Crippen LogP contribution in [0.1, 0.15) is 56.1 Å². The molecule has 0 unspecified atom stereocenters. The van der Waals surface area contributed by atoms with E-state index in [1.54, 1.807) is 11.3 Å². The smallest absolute Gasteiger partial charge is 0.226 e. The maximum atomic E-state index is 13.3. The minimum atomic E-state index is 0.181. The van der Waals surface area contributed by atoms with Gasteiger partial charge in [-0.3, -0.25) is 4.79 Å². The van der Waals surface area contributed by atoms with Crippen molar-refractivity contribution >= 4 is 17.2 Å². The van der Waals surface area contributed by atoms with Crippen molar-refractivity contribution in [3.63, 3.8) is 0 Å². The molecule has 1 atom stereocenters. The SMILES string of the molecule is O=C(C1CCCCC1)N(Cc1cccc(OCc2ccsc2)c1)C[C@@H]1CCCO1. The van der Waals surface area contributed by atoms with E-state index in [9.17, 15) is 4.79 Å². The molecule has 4 nitrogen and oxygen atoms in total. The second kappa shape index (κ2) is 10.3. The van der Waals surface area contributed by atoms with Gasteiger partial charge in [0.2, 0.25) is 5.91 Å². The first-order valence-electron chi connectivity index (χ1n) is 10.9. The summed E-state index contributed by atoms with van der Waals surface area (Å²) in [5.41, 5.74) is 2.31. The van der Waals surface area contributed by atoms with E-state index >= 15 is 0 Å². The highest BCUT2D eigenvalue weighted by atomic mass is 32.1. The van der Waals surface area contributed by atoms with Gasteiger partial charge in [-0.25, -0.2) is 0 Å². The first-order valence-corrected chi connectivity index (χ1v) is 11.9. The molecule has 0 radical (unpaired) electrons. The third kappa shape index (κ3) is 5.83. The Morgan fingerprint density at radius 1 is 1.10 bits per heavy atom. The Hall–Kier alpha value is -1.85. The summed E-state index contributed by atoms with van der Waals surface area (Å²) < 4.78 is 11.8. The fourth-order valence-corrected chi connectivity index (χ4v) is 5.02. The highest BCUT2D eigenvalue weighted by Crippen LogP contribution is 2.27. The fraction of sp³-hybridized carbons (Fsp3) is 0.542. The van der Waals surface area contributed by atoms with Gasteiger partial charge in [0, 0.05) is 25.6 Å². The van der Waals surface area contributed by atoms with Gasteiger partial charge in [-0.15, -0.1) is 0 Å². The molecule has 1 aromatic heterocycles. The van der Waals surface area contributed by atoms with Crippen LogP contribution in [-0.4, -0.2) is 30.1 Å². The van der Waals surface area contributed by atoms with Crippen LogP contribution in [0.25, 0.3) is 0 Å². The van der Waals surface area contributed by atoms with Crippen molar-refractivity contribution in [2.24, 2.45) is 5.92 Å². The van der Waals surface area contributed by atoms with E-state index in [2.05, 4.69) is 29.0 Å². The Bertz CT molecular complexity index is 764. The molecule has 2 heterocycles. The minimum absolute atomic E-state index is 0.181. The number of hydrogen-bond acceptors (Lipinski definition) is 4. The van der Waals surface area contributed by atoms with E-state index < -0.39 is 0 Å². The summed E-state index contributed by atoms with van der Waals surface area (Å²) in [5.74, 6) is 1.35. The van der Waals surface area contributed by atoms with Crippen LogP contribution in [0, 0.1) is 5.92 Å². The van der Waals surface area contributed by atoms with Crippen molar-refractivity contribution in [2.45, 2.75) is 64.2 Å². The molecule has 0 bridgehead atoms. The lowest BCUT2D eigenvalue weighted by Gasteiger charge is -2.31. The van der Waals surface area contributed by atoms with Crippen LogP contribution in [0.2, 0.25) is 0 Å². The van der Waals surface area contributed by atoms with Crippen molar-refractivity contribution < 1.29 is 14.3 Å². The van der Waals surface area contributed by atoms with Crippen LogP contribution in [0.15, 0.2) is 41.1 Å². The number of thiophene rings is 1. The number of ether oxygens (including phenoxy) is 2. The van der Waals surface area contributed by atoms with Crippen LogP contribution in [-0.2, 0) is 22.7 Å². The second-order valence-electron chi connectivity index (χ2n) is 8.26. The van der Waals surface area contributed by atoms with Crippen LogP contribution in [0.5, 0.6) is 5.75 Å². The summed E-state index contributed by atoms with van der Waals surface area (Å²) in [4.78, 5) is 15.3. The first-order chi connectivity index (χ1) is 14.3. The second-order valence-corrected chi connectivity index (χ2v) is 9.04. The molecule has 1 saturated heterocycles. The zero-order valence-corrected chi connectivity index (χ0v) is 17.9. The Kier molecular flexibility index (Phi) is 7.23. The van der Waals surface area contributed by atoms with Crippen LogP contribution >= 0.6 is 11.3 Å². The van der Waals surface area contributed by atoms with Gasteiger partial charge in [0.15, 0.2) is 0 Å². The summed E-state index contributed by atoms with van der Waals surface area (Å²) in [6.07, 6.45) is 8.02. The van der Waals surface area contributed by atoms with Gasteiger partial charge in [-0.2, -0.15) is 11.3 Å². The highest BCUT2D eigenvalue weighted by molar-refractivity contribution is 7.07. The quantitative estimate of drug-likeness (QED) is 0.580. The molecule has 5 heteroatoms. The zero-order chi connectivity index (χ0) is 19.9. The van der Waals surface area contributed by atoms with Crippen molar-refractivity contribution in [1.82, 2.24) is 4.90 Å². The van der Waals surface area contributed by atoms with Crippen LogP contribution in [0.4, 0.5) is 0 Å². The van der Waals surface area contributed by atoms with Crippen LogP contribution in [0.3, 0.4) is 0 Å². The van der Waals surface area contributed by atoms with E-state index in [0.29, 0.717) is 25.6 Å². The van der Waals surface area contributed by atoms with Gasteiger partial charge in [-0.1, -0.05) is 31.4 Å². The summed E-state index contributed by atoms with van der Waals surface area (Å²) in [5, 5.41) is 4.17. The molecule has 2 aliphatic rings. The van der Waals surface area contributed by atoms with Crippen molar-refractivity contribution in [1.29, 1.82) is 0 Å². The van der Waals surface area contributed by atoms with E-state index in [1.807, 2.05) is 17.0 Å². The Labute approximate surface area is 177 Å². The number of benzene rings is 1. The number of carbonyl (C=O) groups excluding carboxylic acids is 1. The van der Waals surface area contributed by atoms with Crippen molar-refractivity contribution in [2.75, 3.05) is 13.2 Å². The summed E-state index contributed by atoms with van der Waals surface area (Å²) in [7, 11) is 0. The van der Waals surface area contributed by atoms with Gasteiger partial charge in [0.1, 0.15) is 12.4 Å². The Balaban J connectivity index is 1.42. The number of carbonyl (C=O) groups is 1. The topological polar surface area (TPSA) is 38.8 Å². The molecule has 29 heavy (non-hydrogen) atoms. The molecule has 1 amide bonds. The molecule has 1 aromatic carbocycles. The lowest BCUT2D eigenvalue weighted by Crippen LogP contribution is -2.41. The molecule has 2 aromatic rings. The van der Waals surface area contributed by atoms with E-state index in [1.165, 1.54) is 24.8 Å². The normalized spacial score (nSPS) is 19.9. The van der Waals surface area contributed by atoms with E-state index in [-0.39, 0.29) is 12.0 Å². The maximum Gasteiger partial charge on any atom is 0.226 e. The van der Waals surface area contributed by atoms with Gasteiger partial charge in [0.25, 0.3) is 0 Å². The molecule has 156 valence electrons. The lowest BCUT2D eigenvalue weighted by atomic mass is 9.88. The van der Waals surface area contributed by atoms with E-state index in [0.717, 1.165) is 43.6 Å². The number of hydrogen-bond donors (Lipinski definition) is 0. The summed E-state index contributed by atoms with van der Waals surface area (Å²) >= 11 is 1.68. The molecule has 1 aliphatic carbocycles. The third-order valence-corrected chi connectivity index (χ3v) is 6.70. The standard InChI is InChI=1S/C24H31NO3S/c26-24(21-7-2-1-3-8-21)25(16-23-10-5-12-27-23)15-19-6-4-9-22(14-19)28-17-20-11-13-29-18-20/h4,6,9,11,13-14,18,21,23H,1-3,5,7-8,10,12,15-17H2/t23-/m0/s1. The van der Waals surface area contributed by atoms with Crippen LogP contribution < -0.4 is 4.74 Å². The first kappa shape index (κ1) is 20.4. The molecular weight excluding hydrogens is 382 g/mol. The molecule has 4 rings (SSSR count). The molecule has 1 saturated carbocycles. The van der Waals surface area contributed by atoms with Crippen molar-refractivity contribution in [3.05, 3.63) is 52.2 Å². The Morgan fingerprint density at radius 3 is 2.76 bits per heavy atom. The van der Waals surface area contributed by atoms with Gasteiger partial charge < -0.3 is 14.4 Å². The molecule has 0 spiro atoms. The number of nitrogens with zero attached hydrogens (tertiary/aromatic N) is 1. The average molecular weight is 414 g/mol. The molecular formula is C24H31NO3S. The number of amides is 1. The summed E-state index contributed by atoms with van der Waals surface area (Å²) in [6, 6.07) is 10.3. The van der Waals surface area contributed by atoms with Gasteiger partial charge >= 0.3 is 0 Å². The lowest BCUT2D eigenvalue weighted by molar-refractivity contribution is -0.138. The predicted molar refractivity (Wildman–Crippen MR) is 116 cm³/mol. The Morgan fingerprint density at radius 2 is 2.00 bits per heavy atom. The number of rotatable bonds is 8. The van der Waals surface area contributed by atoms with Gasteiger partial charge in [0.05, 0.1) is 6.10 Å². The maximum absolute atomic E-state index is 13.3.